The van der Waals surface area contributed by atoms with Crippen LogP contribution in [0.15, 0.2) is 48.6 Å². The van der Waals surface area contributed by atoms with Crippen LogP contribution in [0, 0.1) is 0 Å². The van der Waals surface area contributed by atoms with Gasteiger partial charge in [0.05, 0.1) is 0 Å². The molecule has 0 aliphatic carbocycles. The van der Waals surface area contributed by atoms with Gasteiger partial charge in [0.2, 0.25) is 0 Å². The van der Waals surface area contributed by atoms with E-state index in [1.54, 1.807) is 0 Å². The minimum Gasteiger partial charge on any atom is -0.462 e. The van der Waals surface area contributed by atoms with Gasteiger partial charge in [-0.05, 0) is 70.6 Å². The highest BCUT2D eigenvalue weighted by atomic mass is 16.6. The van der Waals surface area contributed by atoms with Crippen molar-refractivity contribution in [3.8, 4) is 0 Å². The van der Waals surface area contributed by atoms with E-state index >= 15 is 0 Å². The molecule has 0 N–H and O–H groups in total. The Morgan fingerprint density at radius 1 is 0.396 bits per heavy atom. The van der Waals surface area contributed by atoms with Crippen LogP contribution in [0.3, 0.4) is 0 Å². The Morgan fingerprint density at radius 3 is 1.23 bits per heavy atom. The summed E-state index contributed by atoms with van der Waals surface area (Å²) in [6, 6.07) is 0. The van der Waals surface area contributed by atoms with Crippen molar-refractivity contribution in [3.05, 3.63) is 48.6 Å². The van der Waals surface area contributed by atoms with Crippen LogP contribution in [0.2, 0.25) is 0 Å². The summed E-state index contributed by atoms with van der Waals surface area (Å²) in [5.41, 5.74) is 0. The van der Waals surface area contributed by atoms with Crippen LogP contribution in [0.25, 0.3) is 0 Å². The molecule has 0 amide bonds. The predicted molar refractivity (Wildman–Crippen MR) is 224 cm³/mol. The standard InChI is InChI=1S/C47H82O6/c1-4-7-10-13-16-19-21-22-23-24-26-28-31-34-37-40-46(49)52-43-44(42-51-45(48)39-36-33-30-27-18-15-12-9-6-3)53-47(50)41-38-35-32-29-25-20-17-14-11-8-5-2/h7,10,14,16-17,19,22-23,44H,4-6,8-9,11-13,15,18,20-21,24-43H2,1-3H3/b10-7-,17-14-,19-16-,23-22-/t44-/m1/s1. The number of rotatable bonds is 39. The van der Waals surface area contributed by atoms with Crippen LogP contribution in [0.5, 0.6) is 0 Å². The first-order chi connectivity index (χ1) is 26.0. The molecule has 0 aromatic heterocycles. The molecule has 0 unspecified atom stereocenters. The summed E-state index contributed by atoms with van der Waals surface area (Å²) in [5.74, 6) is -0.914. The average Bonchev–Trinajstić information content (AvgIpc) is 3.15. The zero-order chi connectivity index (χ0) is 38.7. The van der Waals surface area contributed by atoms with Crippen LogP contribution < -0.4 is 0 Å². The van der Waals surface area contributed by atoms with E-state index < -0.39 is 6.10 Å². The Labute approximate surface area is 327 Å². The molecule has 0 spiro atoms. The highest BCUT2D eigenvalue weighted by Crippen LogP contribution is 2.13. The molecule has 0 rings (SSSR count). The van der Waals surface area contributed by atoms with Gasteiger partial charge in [-0.25, -0.2) is 0 Å². The number of esters is 3. The molecule has 0 aliphatic rings. The van der Waals surface area contributed by atoms with Gasteiger partial charge in [0, 0.05) is 19.3 Å². The van der Waals surface area contributed by atoms with E-state index in [2.05, 4.69) is 69.4 Å². The van der Waals surface area contributed by atoms with E-state index in [0.29, 0.717) is 19.3 Å². The molecule has 6 heteroatoms. The lowest BCUT2D eigenvalue weighted by Gasteiger charge is -2.18. The predicted octanol–water partition coefficient (Wildman–Crippen LogP) is 14.0. The highest BCUT2D eigenvalue weighted by molar-refractivity contribution is 5.71. The number of hydrogen-bond donors (Lipinski definition) is 0. The maximum atomic E-state index is 12.7. The summed E-state index contributed by atoms with van der Waals surface area (Å²) in [4.78, 5) is 37.6. The molecule has 53 heavy (non-hydrogen) atoms. The molecule has 0 radical (unpaired) electrons. The van der Waals surface area contributed by atoms with Gasteiger partial charge >= 0.3 is 17.9 Å². The van der Waals surface area contributed by atoms with E-state index in [4.69, 9.17) is 14.2 Å². The molecule has 306 valence electrons. The summed E-state index contributed by atoms with van der Waals surface area (Å²) < 4.78 is 16.6. The van der Waals surface area contributed by atoms with Crippen molar-refractivity contribution < 1.29 is 28.6 Å². The van der Waals surface area contributed by atoms with Gasteiger partial charge in [-0.2, -0.15) is 0 Å². The molecule has 0 heterocycles. The SMILES string of the molecule is CC/C=C\C/C=C\C/C=C\CCCCCCCC(=O)OC[C@@H](COC(=O)CCCCCCCCCCC)OC(=O)CCCCCCC/C=C\CCCC. The quantitative estimate of drug-likeness (QED) is 0.0270. The first-order valence-corrected chi connectivity index (χ1v) is 22.1. The Hall–Kier alpha value is -2.63. The Balaban J connectivity index is 4.38. The van der Waals surface area contributed by atoms with Gasteiger partial charge in [0.15, 0.2) is 6.10 Å². The first kappa shape index (κ1) is 50.4. The lowest BCUT2D eigenvalue weighted by Crippen LogP contribution is -2.30. The van der Waals surface area contributed by atoms with Crippen LogP contribution in [0.1, 0.15) is 213 Å². The van der Waals surface area contributed by atoms with Gasteiger partial charge in [0.25, 0.3) is 0 Å². The molecule has 1 atom stereocenters. The first-order valence-electron chi connectivity index (χ1n) is 22.1. The van der Waals surface area contributed by atoms with Crippen molar-refractivity contribution >= 4 is 17.9 Å². The summed E-state index contributed by atoms with van der Waals surface area (Å²) in [6.45, 7) is 6.43. The summed E-state index contributed by atoms with van der Waals surface area (Å²) in [7, 11) is 0. The molecule has 0 aromatic rings. The fraction of sp³-hybridized carbons (Fsp3) is 0.766. The van der Waals surface area contributed by atoms with E-state index in [-0.39, 0.29) is 31.1 Å². The molecular weight excluding hydrogens is 661 g/mol. The van der Waals surface area contributed by atoms with Gasteiger partial charge in [-0.1, -0.05) is 172 Å². The van der Waals surface area contributed by atoms with Crippen LogP contribution in [-0.2, 0) is 28.6 Å². The number of ether oxygens (including phenoxy) is 3. The summed E-state index contributed by atoms with van der Waals surface area (Å²) in [5, 5.41) is 0. The molecule has 0 bridgehead atoms. The Morgan fingerprint density at radius 2 is 0.755 bits per heavy atom. The number of carbonyl (C=O) groups excluding carboxylic acids is 3. The topological polar surface area (TPSA) is 78.9 Å². The van der Waals surface area contributed by atoms with Gasteiger partial charge in [0.1, 0.15) is 13.2 Å². The van der Waals surface area contributed by atoms with Crippen molar-refractivity contribution in [3.63, 3.8) is 0 Å². The number of carbonyl (C=O) groups is 3. The Kier molecular flexibility index (Phi) is 40.0. The van der Waals surface area contributed by atoms with Crippen LogP contribution >= 0.6 is 0 Å². The maximum absolute atomic E-state index is 12.7. The number of hydrogen-bond acceptors (Lipinski definition) is 6. The second-order valence-corrected chi connectivity index (χ2v) is 14.6. The third kappa shape index (κ3) is 40.4. The van der Waals surface area contributed by atoms with Crippen LogP contribution in [0.4, 0.5) is 0 Å². The Bertz CT molecular complexity index is 949. The number of allylic oxidation sites excluding steroid dienone is 8. The largest absolute Gasteiger partial charge is 0.462 e. The fourth-order valence-corrected chi connectivity index (χ4v) is 5.97. The van der Waals surface area contributed by atoms with E-state index in [9.17, 15) is 14.4 Å². The highest BCUT2D eigenvalue weighted by Gasteiger charge is 2.19. The van der Waals surface area contributed by atoms with Crippen molar-refractivity contribution in [1.29, 1.82) is 0 Å². The van der Waals surface area contributed by atoms with E-state index in [1.165, 1.54) is 64.2 Å². The van der Waals surface area contributed by atoms with Crippen molar-refractivity contribution in [2.75, 3.05) is 13.2 Å². The van der Waals surface area contributed by atoms with Crippen LogP contribution in [-0.4, -0.2) is 37.2 Å². The van der Waals surface area contributed by atoms with Gasteiger partial charge in [-0.15, -0.1) is 0 Å². The second kappa shape index (κ2) is 42.1. The monoisotopic (exact) mass is 743 g/mol. The van der Waals surface area contributed by atoms with Gasteiger partial charge < -0.3 is 14.2 Å². The molecule has 6 nitrogen and oxygen atoms in total. The zero-order valence-electron chi connectivity index (χ0n) is 34.8. The normalized spacial score (nSPS) is 12.4. The van der Waals surface area contributed by atoms with Crippen molar-refractivity contribution in [2.45, 2.75) is 219 Å². The van der Waals surface area contributed by atoms with Gasteiger partial charge in [-0.3, -0.25) is 14.4 Å². The molecule has 0 aromatic carbocycles. The minimum absolute atomic E-state index is 0.0813. The van der Waals surface area contributed by atoms with E-state index in [0.717, 1.165) is 109 Å². The van der Waals surface area contributed by atoms with E-state index in [1.807, 2.05) is 0 Å². The molecule has 0 fully saturated rings. The zero-order valence-corrected chi connectivity index (χ0v) is 34.8. The smallest absolute Gasteiger partial charge is 0.306 e. The third-order valence-corrected chi connectivity index (χ3v) is 9.32. The molecule has 0 aliphatic heterocycles. The lowest BCUT2D eigenvalue weighted by molar-refractivity contribution is -0.167. The van der Waals surface area contributed by atoms with Crippen molar-refractivity contribution in [1.82, 2.24) is 0 Å². The lowest BCUT2D eigenvalue weighted by atomic mass is 10.1. The molecule has 0 saturated heterocycles. The summed E-state index contributed by atoms with van der Waals surface area (Å²) >= 11 is 0. The fourth-order valence-electron chi connectivity index (χ4n) is 5.97. The summed E-state index contributed by atoms with van der Waals surface area (Å²) in [6.07, 6.45) is 48.1. The average molecular weight is 743 g/mol. The second-order valence-electron chi connectivity index (χ2n) is 14.6. The maximum Gasteiger partial charge on any atom is 0.306 e. The third-order valence-electron chi connectivity index (χ3n) is 9.32. The molecular formula is C47H82O6. The minimum atomic E-state index is -0.778. The number of unbranched alkanes of at least 4 members (excludes halogenated alkanes) is 20. The molecule has 0 saturated carbocycles. The van der Waals surface area contributed by atoms with Crippen molar-refractivity contribution in [2.24, 2.45) is 0 Å².